The van der Waals surface area contributed by atoms with Crippen LogP contribution >= 0.6 is 0 Å². The predicted octanol–water partition coefficient (Wildman–Crippen LogP) is 2.92. The van der Waals surface area contributed by atoms with Crippen molar-refractivity contribution in [3.05, 3.63) is 71.3 Å². The summed E-state index contributed by atoms with van der Waals surface area (Å²) in [6, 6.07) is 17.8. The Kier molecular flexibility index (Phi) is 4.10. The topological polar surface area (TPSA) is 44.6 Å². The average Bonchev–Trinajstić information content (AvgIpc) is 2.42. The molecule has 2 rings (SSSR count). The van der Waals surface area contributed by atoms with Gasteiger partial charge in [0.25, 0.3) is 0 Å². The molecule has 0 aliphatic heterocycles. The number of rotatable bonds is 3. The van der Waals surface area contributed by atoms with Gasteiger partial charge >= 0.3 is 0 Å². The van der Waals surface area contributed by atoms with Gasteiger partial charge in [0, 0.05) is 5.56 Å². The molecule has 92 valence electrons. The van der Waals surface area contributed by atoms with Crippen LogP contribution in [0.15, 0.2) is 59.6 Å². The predicted molar refractivity (Wildman–Crippen MR) is 72.8 cm³/mol. The molecule has 2 N–H and O–H groups in total. The molecule has 3 heteroatoms. The van der Waals surface area contributed by atoms with E-state index in [-0.39, 0.29) is 0 Å². The summed E-state index contributed by atoms with van der Waals surface area (Å²) >= 11 is 0. The highest BCUT2D eigenvalue weighted by atomic mass is 16.5. The van der Waals surface area contributed by atoms with Crippen molar-refractivity contribution in [3.63, 3.8) is 0 Å². The third-order valence-corrected chi connectivity index (χ3v) is 2.69. The van der Waals surface area contributed by atoms with E-state index in [4.69, 9.17) is 5.21 Å². The molecule has 0 aliphatic rings. The summed E-state index contributed by atoms with van der Waals surface area (Å²) in [5.41, 5.74) is 5.32. The van der Waals surface area contributed by atoms with Crippen molar-refractivity contribution in [3.8, 4) is 0 Å². The van der Waals surface area contributed by atoms with E-state index in [0.29, 0.717) is 12.4 Å². The summed E-state index contributed by atoms with van der Waals surface area (Å²) in [4.78, 5) is 4.37. The summed E-state index contributed by atoms with van der Waals surface area (Å²) in [5.74, 6) is 0.485. The van der Waals surface area contributed by atoms with Crippen LogP contribution < -0.4 is 5.48 Å². The van der Waals surface area contributed by atoms with E-state index in [1.807, 2.05) is 61.5 Å². The van der Waals surface area contributed by atoms with Gasteiger partial charge in [-0.15, -0.1) is 0 Å². The number of hydroxylamine groups is 1. The minimum absolute atomic E-state index is 0.485. The maximum atomic E-state index is 9.15. The first kappa shape index (κ1) is 12.3. The minimum Gasteiger partial charge on any atom is -0.290 e. The normalized spacial score (nSPS) is 11.3. The molecule has 0 aromatic heterocycles. The number of nitrogens with one attached hydrogen (secondary N) is 1. The van der Waals surface area contributed by atoms with E-state index in [9.17, 15) is 0 Å². The standard InChI is InChI=1S/C15H16N2O/c1-12-7-9-14(10-8-12)15(17-18)16-11-13-5-3-2-4-6-13/h2-10,18H,11H2,1H3,(H,16,17). The highest BCUT2D eigenvalue weighted by Gasteiger charge is 2.01. The molecule has 0 aliphatic carbocycles. The Hall–Kier alpha value is -2.13. The zero-order chi connectivity index (χ0) is 12.8. The second-order valence-electron chi connectivity index (χ2n) is 4.13. The van der Waals surface area contributed by atoms with Crippen molar-refractivity contribution in [2.24, 2.45) is 4.99 Å². The molecule has 0 heterocycles. The van der Waals surface area contributed by atoms with E-state index in [1.54, 1.807) is 0 Å². The lowest BCUT2D eigenvalue weighted by Gasteiger charge is -2.05. The van der Waals surface area contributed by atoms with Gasteiger partial charge in [0.15, 0.2) is 5.84 Å². The Morgan fingerprint density at radius 3 is 2.33 bits per heavy atom. The Morgan fingerprint density at radius 1 is 1.06 bits per heavy atom. The zero-order valence-corrected chi connectivity index (χ0v) is 10.3. The van der Waals surface area contributed by atoms with Crippen LogP contribution in [-0.4, -0.2) is 11.0 Å². The largest absolute Gasteiger partial charge is 0.290 e. The molecule has 0 amide bonds. The van der Waals surface area contributed by atoms with Gasteiger partial charge < -0.3 is 0 Å². The molecule has 2 aromatic rings. The molecule has 0 radical (unpaired) electrons. The van der Waals surface area contributed by atoms with Gasteiger partial charge in [-0.1, -0.05) is 60.2 Å². The first-order chi connectivity index (χ1) is 8.79. The van der Waals surface area contributed by atoms with Crippen LogP contribution in [0.5, 0.6) is 0 Å². The zero-order valence-electron chi connectivity index (χ0n) is 10.3. The fraction of sp³-hybridized carbons (Fsp3) is 0.133. The SMILES string of the molecule is Cc1ccc(C(=NCc2ccccc2)NO)cc1. The number of aryl methyl sites for hydroxylation is 1. The van der Waals surface area contributed by atoms with Gasteiger partial charge in [-0.2, -0.15) is 0 Å². The van der Waals surface area contributed by atoms with Crippen molar-refractivity contribution in [1.82, 2.24) is 5.48 Å². The van der Waals surface area contributed by atoms with Crippen LogP contribution in [0.3, 0.4) is 0 Å². The summed E-state index contributed by atoms with van der Waals surface area (Å²) in [7, 11) is 0. The number of amidine groups is 1. The minimum atomic E-state index is 0.485. The maximum Gasteiger partial charge on any atom is 0.152 e. The second-order valence-corrected chi connectivity index (χ2v) is 4.13. The quantitative estimate of drug-likeness (QED) is 0.492. The van der Waals surface area contributed by atoms with E-state index in [1.165, 1.54) is 5.56 Å². The van der Waals surface area contributed by atoms with Crippen LogP contribution in [0.4, 0.5) is 0 Å². The van der Waals surface area contributed by atoms with Crippen LogP contribution in [0.1, 0.15) is 16.7 Å². The maximum absolute atomic E-state index is 9.15. The first-order valence-corrected chi connectivity index (χ1v) is 5.85. The Bertz CT molecular complexity index is 518. The summed E-state index contributed by atoms with van der Waals surface area (Å²) in [5, 5.41) is 9.15. The van der Waals surface area contributed by atoms with Gasteiger partial charge in [-0.25, -0.2) is 0 Å². The summed E-state index contributed by atoms with van der Waals surface area (Å²) in [6.45, 7) is 2.56. The van der Waals surface area contributed by atoms with Crippen LogP contribution in [0.25, 0.3) is 0 Å². The fourth-order valence-electron chi connectivity index (χ4n) is 1.66. The van der Waals surface area contributed by atoms with Gasteiger partial charge in [0.05, 0.1) is 6.54 Å². The summed E-state index contributed by atoms with van der Waals surface area (Å²) < 4.78 is 0. The molecule has 0 unspecified atom stereocenters. The second kappa shape index (κ2) is 5.98. The van der Waals surface area contributed by atoms with Crippen LogP contribution in [0.2, 0.25) is 0 Å². The first-order valence-electron chi connectivity index (χ1n) is 5.85. The van der Waals surface area contributed by atoms with Crippen molar-refractivity contribution in [2.45, 2.75) is 13.5 Å². The molecule has 0 saturated heterocycles. The van der Waals surface area contributed by atoms with Crippen molar-refractivity contribution in [2.75, 3.05) is 0 Å². The highest BCUT2D eigenvalue weighted by Crippen LogP contribution is 2.06. The number of hydrogen-bond acceptors (Lipinski definition) is 2. The van der Waals surface area contributed by atoms with E-state index in [2.05, 4.69) is 10.5 Å². The van der Waals surface area contributed by atoms with Crippen molar-refractivity contribution in [1.29, 1.82) is 0 Å². The number of aliphatic imine (C=N–C) groups is 1. The van der Waals surface area contributed by atoms with Crippen molar-refractivity contribution >= 4 is 5.84 Å². The van der Waals surface area contributed by atoms with Crippen LogP contribution in [-0.2, 0) is 6.54 Å². The van der Waals surface area contributed by atoms with Gasteiger partial charge in [-0.3, -0.25) is 15.7 Å². The lowest BCUT2D eigenvalue weighted by Crippen LogP contribution is -2.20. The third-order valence-electron chi connectivity index (χ3n) is 2.69. The molecular weight excluding hydrogens is 224 g/mol. The van der Waals surface area contributed by atoms with E-state index < -0.39 is 0 Å². The monoisotopic (exact) mass is 240 g/mol. The molecule has 0 atom stereocenters. The lowest BCUT2D eigenvalue weighted by atomic mass is 10.1. The molecule has 18 heavy (non-hydrogen) atoms. The van der Waals surface area contributed by atoms with Gasteiger partial charge in [0.1, 0.15) is 0 Å². The highest BCUT2D eigenvalue weighted by molar-refractivity contribution is 5.97. The molecule has 2 aromatic carbocycles. The molecule has 0 bridgehead atoms. The Labute approximate surface area is 107 Å². The van der Waals surface area contributed by atoms with Crippen molar-refractivity contribution < 1.29 is 5.21 Å². The number of benzene rings is 2. The molecule has 0 fully saturated rings. The fourth-order valence-corrected chi connectivity index (χ4v) is 1.66. The van der Waals surface area contributed by atoms with Gasteiger partial charge in [0.2, 0.25) is 0 Å². The van der Waals surface area contributed by atoms with E-state index in [0.717, 1.165) is 11.1 Å². The number of nitrogens with zero attached hydrogens (tertiary/aromatic N) is 1. The summed E-state index contributed by atoms with van der Waals surface area (Å²) in [6.07, 6.45) is 0. The molecular formula is C15H16N2O. The smallest absolute Gasteiger partial charge is 0.152 e. The van der Waals surface area contributed by atoms with E-state index >= 15 is 0 Å². The number of hydrogen-bond donors (Lipinski definition) is 2. The molecule has 3 nitrogen and oxygen atoms in total. The Morgan fingerprint density at radius 2 is 1.72 bits per heavy atom. The third kappa shape index (κ3) is 3.18. The van der Waals surface area contributed by atoms with Crippen LogP contribution in [0, 0.1) is 6.92 Å². The van der Waals surface area contributed by atoms with Gasteiger partial charge in [-0.05, 0) is 12.5 Å². The Balaban J connectivity index is 2.16. The average molecular weight is 240 g/mol. The lowest BCUT2D eigenvalue weighted by molar-refractivity contribution is 0.234. The molecule has 0 spiro atoms. The molecule has 0 saturated carbocycles.